The summed E-state index contributed by atoms with van der Waals surface area (Å²) < 4.78 is 10.3. The van der Waals surface area contributed by atoms with Crippen molar-refractivity contribution in [2.75, 3.05) is 63.7 Å². The highest BCUT2D eigenvalue weighted by atomic mass is 35.5. The molecule has 0 unspecified atom stereocenters. The normalized spacial score (nSPS) is 14.0. The number of nitrogens with zero attached hydrogens (tertiary/aromatic N) is 2. The summed E-state index contributed by atoms with van der Waals surface area (Å²) in [6.07, 6.45) is 0.774. The fourth-order valence-electron chi connectivity index (χ4n) is 3.54. The molecule has 172 valence electrons. The zero-order chi connectivity index (χ0) is 22.9. The Morgan fingerprint density at radius 2 is 1.69 bits per heavy atom. The number of amides is 2. The summed E-state index contributed by atoms with van der Waals surface area (Å²) in [7, 11) is 3.17. The van der Waals surface area contributed by atoms with Crippen molar-refractivity contribution in [2.45, 2.75) is 6.42 Å². The van der Waals surface area contributed by atoms with Gasteiger partial charge in [0.25, 0.3) is 0 Å². The van der Waals surface area contributed by atoms with Crippen LogP contribution in [0.4, 0.5) is 11.4 Å². The predicted octanol–water partition coefficient (Wildman–Crippen LogP) is 2.62. The smallest absolute Gasteiger partial charge is 0.313 e. The summed E-state index contributed by atoms with van der Waals surface area (Å²) in [5.41, 5.74) is 1.63. The summed E-state index contributed by atoms with van der Waals surface area (Å²) >= 11 is 6.04. The van der Waals surface area contributed by atoms with Crippen molar-refractivity contribution in [3.8, 4) is 11.5 Å². The third-order valence-corrected chi connectivity index (χ3v) is 5.66. The van der Waals surface area contributed by atoms with Gasteiger partial charge in [-0.1, -0.05) is 11.6 Å². The quantitative estimate of drug-likeness (QED) is 0.465. The molecule has 1 aliphatic rings. The van der Waals surface area contributed by atoms with E-state index in [9.17, 15) is 9.59 Å². The van der Waals surface area contributed by atoms with Crippen LogP contribution in [0.2, 0.25) is 5.02 Å². The van der Waals surface area contributed by atoms with Gasteiger partial charge >= 0.3 is 11.8 Å². The number of piperazine rings is 1. The molecule has 1 aliphatic heterocycles. The first-order valence-corrected chi connectivity index (χ1v) is 10.9. The molecule has 0 radical (unpaired) electrons. The van der Waals surface area contributed by atoms with Crippen molar-refractivity contribution in [1.82, 2.24) is 10.2 Å². The molecule has 0 bridgehead atoms. The molecule has 3 rings (SSSR count). The van der Waals surface area contributed by atoms with E-state index in [1.165, 1.54) is 18.9 Å². The number of rotatable bonds is 8. The van der Waals surface area contributed by atoms with Crippen LogP contribution in [0.3, 0.4) is 0 Å². The monoisotopic (exact) mass is 460 g/mol. The molecular weight excluding hydrogens is 432 g/mol. The predicted molar refractivity (Wildman–Crippen MR) is 126 cm³/mol. The first-order chi connectivity index (χ1) is 15.5. The van der Waals surface area contributed by atoms with Gasteiger partial charge in [0.15, 0.2) is 0 Å². The fraction of sp³-hybridized carbons (Fsp3) is 0.391. The number of halogens is 1. The van der Waals surface area contributed by atoms with E-state index in [0.29, 0.717) is 23.0 Å². The second kappa shape index (κ2) is 11.6. The van der Waals surface area contributed by atoms with Crippen LogP contribution in [0.1, 0.15) is 6.42 Å². The van der Waals surface area contributed by atoms with Crippen LogP contribution in [-0.4, -0.2) is 70.2 Å². The van der Waals surface area contributed by atoms with Crippen LogP contribution < -0.4 is 25.0 Å². The number of hydrogen-bond donors (Lipinski definition) is 2. The van der Waals surface area contributed by atoms with Crippen LogP contribution in [0.15, 0.2) is 42.5 Å². The molecule has 2 N–H and O–H groups in total. The van der Waals surface area contributed by atoms with Crippen molar-refractivity contribution < 1.29 is 19.1 Å². The maximum Gasteiger partial charge on any atom is 0.313 e. The highest BCUT2D eigenvalue weighted by Gasteiger charge is 2.18. The number of carbonyl (C=O) groups is 2. The number of anilines is 2. The van der Waals surface area contributed by atoms with E-state index in [0.717, 1.165) is 44.9 Å². The topological polar surface area (TPSA) is 83.1 Å². The van der Waals surface area contributed by atoms with Crippen molar-refractivity contribution in [3.05, 3.63) is 47.5 Å². The Bertz CT molecular complexity index is 915. The summed E-state index contributed by atoms with van der Waals surface area (Å²) in [5, 5.41) is 5.56. The Morgan fingerprint density at radius 3 is 2.31 bits per heavy atom. The minimum Gasteiger partial charge on any atom is -0.497 e. The molecule has 9 heteroatoms. The van der Waals surface area contributed by atoms with Gasteiger partial charge < -0.3 is 25.0 Å². The Hall–Kier alpha value is -2.97. The van der Waals surface area contributed by atoms with Crippen LogP contribution in [0.5, 0.6) is 11.5 Å². The lowest BCUT2D eigenvalue weighted by Gasteiger charge is -2.36. The molecule has 2 amide bonds. The maximum absolute atomic E-state index is 12.1. The highest BCUT2D eigenvalue weighted by molar-refractivity contribution is 6.40. The van der Waals surface area contributed by atoms with Crippen LogP contribution in [0.25, 0.3) is 0 Å². The van der Waals surface area contributed by atoms with E-state index in [1.54, 1.807) is 19.2 Å². The molecule has 1 saturated heterocycles. The van der Waals surface area contributed by atoms with E-state index < -0.39 is 11.8 Å². The lowest BCUT2D eigenvalue weighted by molar-refractivity contribution is -0.136. The summed E-state index contributed by atoms with van der Waals surface area (Å²) in [6.45, 7) is 5.12. The molecule has 1 heterocycles. The van der Waals surface area contributed by atoms with E-state index in [1.807, 2.05) is 12.1 Å². The molecule has 0 aliphatic carbocycles. The lowest BCUT2D eigenvalue weighted by Crippen LogP contribution is -2.47. The third kappa shape index (κ3) is 6.51. The SMILES string of the molecule is COc1ccc(N2CCN(CCCNC(=O)C(=O)Nc3ccc(OC)c(Cl)c3)CC2)cc1. The van der Waals surface area contributed by atoms with Crippen molar-refractivity contribution in [1.29, 1.82) is 0 Å². The Kier molecular flexibility index (Phi) is 8.58. The molecule has 32 heavy (non-hydrogen) atoms. The molecule has 1 fully saturated rings. The van der Waals surface area contributed by atoms with Crippen molar-refractivity contribution >= 4 is 34.8 Å². The van der Waals surface area contributed by atoms with Crippen LogP contribution in [-0.2, 0) is 9.59 Å². The number of benzene rings is 2. The molecule has 0 saturated carbocycles. The van der Waals surface area contributed by atoms with Gasteiger partial charge in [-0.05, 0) is 55.4 Å². The Balaban J connectivity index is 1.33. The standard InChI is InChI=1S/C23H29ClN4O4/c1-31-19-7-5-18(6-8-19)28-14-12-27(13-15-28)11-3-10-25-22(29)23(30)26-17-4-9-21(32-2)20(24)16-17/h4-9,16H,3,10-15H2,1-2H3,(H,25,29)(H,26,30). The zero-order valence-corrected chi connectivity index (χ0v) is 19.2. The largest absolute Gasteiger partial charge is 0.497 e. The first-order valence-electron chi connectivity index (χ1n) is 10.5. The average molecular weight is 461 g/mol. The molecule has 2 aromatic carbocycles. The molecular formula is C23H29ClN4O4. The average Bonchev–Trinajstić information content (AvgIpc) is 2.82. The van der Waals surface area contributed by atoms with Gasteiger partial charge in [-0.25, -0.2) is 0 Å². The molecule has 2 aromatic rings. The van der Waals surface area contributed by atoms with Gasteiger partial charge in [-0.2, -0.15) is 0 Å². The minimum atomic E-state index is -0.723. The van der Waals surface area contributed by atoms with Crippen molar-refractivity contribution in [3.63, 3.8) is 0 Å². The molecule has 8 nitrogen and oxygen atoms in total. The number of carbonyl (C=O) groups excluding carboxylic acids is 2. The summed E-state index contributed by atoms with van der Waals surface area (Å²) in [4.78, 5) is 28.8. The molecule has 0 atom stereocenters. The van der Waals surface area contributed by atoms with Gasteiger partial charge in [-0.3, -0.25) is 14.5 Å². The molecule has 0 aromatic heterocycles. The minimum absolute atomic E-state index is 0.359. The Labute approximate surface area is 193 Å². The highest BCUT2D eigenvalue weighted by Crippen LogP contribution is 2.27. The number of ether oxygens (including phenoxy) is 2. The zero-order valence-electron chi connectivity index (χ0n) is 18.4. The maximum atomic E-state index is 12.1. The van der Waals surface area contributed by atoms with Gasteiger partial charge in [0.2, 0.25) is 0 Å². The second-order valence-corrected chi connectivity index (χ2v) is 7.85. The number of nitrogens with one attached hydrogen (secondary N) is 2. The third-order valence-electron chi connectivity index (χ3n) is 5.36. The van der Waals surface area contributed by atoms with Gasteiger partial charge in [0, 0.05) is 44.1 Å². The van der Waals surface area contributed by atoms with Crippen LogP contribution >= 0.6 is 11.6 Å². The number of hydrogen-bond acceptors (Lipinski definition) is 6. The van der Waals surface area contributed by atoms with E-state index in [2.05, 4.69) is 32.6 Å². The summed E-state index contributed by atoms with van der Waals surface area (Å²) in [5.74, 6) is -0.0320. The Morgan fingerprint density at radius 1 is 0.969 bits per heavy atom. The lowest BCUT2D eigenvalue weighted by atomic mass is 10.2. The van der Waals surface area contributed by atoms with Crippen LogP contribution in [0, 0.1) is 0 Å². The van der Waals surface area contributed by atoms with E-state index >= 15 is 0 Å². The molecule has 0 spiro atoms. The number of methoxy groups -OCH3 is 2. The van der Waals surface area contributed by atoms with Gasteiger partial charge in [0.05, 0.1) is 19.2 Å². The van der Waals surface area contributed by atoms with E-state index in [4.69, 9.17) is 21.1 Å². The fourth-order valence-corrected chi connectivity index (χ4v) is 3.80. The van der Waals surface area contributed by atoms with Crippen molar-refractivity contribution in [2.24, 2.45) is 0 Å². The van der Waals surface area contributed by atoms with E-state index in [-0.39, 0.29) is 0 Å². The van der Waals surface area contributed by atoms with Gasteiger partial charge in [0.1, 0.15) is 11.5 Å². The van der Waals surface area contributed by atoms with Gasteiger partial charge in [-0.15, -0.1) is 0 Å². The summed E-state index contributed by atoms with van der Waals surface area (Å²) in [6, 6.07) is 12.9. The first kappa shape index (κ1) is 23.7. The second-order valence-electron chi connectivity index (χ2n) is 7.44.